The van der Waals surface area contributed by atoms with Gasteiger partial charge in [-0.2, -0.15) is 0 Å². The standard InChI is InChI=1S/C21H22N2OS2/c1-3-20(16-6-4-15(2)5-7-16)23-21(24)17-8-10-19(11-9-17)26-13-18-12-25-14-22-18/h4-12,14,20H,3,13H2,1-2H3,(H,23,24)/t20-/m1/s1. The van der Waals surface area contributed by atoms with Crippen LogP contribution < -0.4 is 5.32 Å². The highest BCUT2D eigenvalue weighted by molar-refractivity contribution is 7.98. The zero-order chi connectivity index (χ0) is 18.4. The second kappa shape index (κ2) is 9.01. The van der Waals surface area contributed by atoms with Crippen LogP contribution in [0.4, 0.5) is 0 Å². The Bertz CT molecular complexity index is 827. The number of carbonyl (C=O) groups excluding carboxylic acids is 1. The van der Waals surface area contributed by atoms with E-state index >= 15 is 0 Å². The number of thiazole rings is 1. The van der Waals surface area contributed by atoms with Crippen LogP contribution in [0.3, 0.4) is 0 Å². The van der Waals surface area contributed by atoms with Crippen LogP contribution in [0.25, 0.3) is 0 Å². The van der Waals surface area contributed by atoms with Gasteiger partial charge in [0.25, 0.3) is 5.91 Å². The molecule has 1 amide bonds. The maximum absolute atomic E-state index is 12.6. The lowest BCUT2D eigenvalue weighted by Gasteiger charge is -2.18. The molecule has 0 aliphatic rings. The number of benzene rings is 2. The highest BCUT2D eigenvalue weighted by atomic mass is 32.2. The number of nitrogens with one attached hydrogen (secondary N) is 1. The summed E-state index contributed by atoms with van der Waals surface area (Å²) in [7, 11) is 0. The molecule has 0 fully saturated rings. The molecule has 3 aromatic rings. The fourth-order valence-corrected chi connectivity index (χ4v) is 4.09. The minimum absolute atomic E-state index is 0.0295. The fourth-order valence-electron chi connectivity index (χ4n) is 2.63. The summed E-state index contributed by atoms with van der Waals surface area (Å²) in [6.07, 6.45) is 0.858. The Morgan fingerprint density at radius 1 is 1.15 bits per heavy atom. The number of thioether (sulfide) groups is 1. The van der Waals surface area contributed by atoms with Crippen molar-refractivity contribution in [1.29, 1.82) is 0 Å². The lowest BCUT2D eigenvalue weighted by atomic mass is 10.0. The Hall–Kier alpha value is -2.11. The monoisotopic (exact) mass is 382 g/mol. The van der Waals surface area contributed by atoms with Gasteiger partial charge < -0.3 is 5.32 Å². The van der Waals surface area contributed by atoms with Gasteiger partial charge in [0, 0.05) is 21.6 Å². The van der Waals surface area contributed by atoms with Gasteiger partial charge in [0.1, 0.15) is 0 Å². The molecule has 1 aromatic heterocycles. The van der Waals surface area contributed by atoms with Crippen molar-refractivity contribution in [2.24, 2.45) is 0 Å². The minimum atomic E-state index is -0.0338. The lowest BCUT2D eigenvalue weighted by molar-refractivity contribution is 0.0935. The van der Waals surface area contributed by atoms with Crippen molar-refractivity contribution in [2.45, 2.75) is 37.0 Å². The maximum Gasteiger partial charge on any atom is 0.251 e. The summed E-state index contributed by atoms with van der Waals surface area (Å²) >= 11 is 3.34. The van der Waals surface area contributed by atoms with Crippen LogP contribution in [-0.4, -0.2) is 10.9 Å². The third-order valence-corrected chi connectivity index (χ3v) is 5.86. The van der Waals surface area contributed by atoms with E-state index in [1.54, 1.807) is 23.1 Å². The second-order valence-electron chi connectivity index (χ2n) is 6.14. The van der Waals surface area contributed by atoms with Crippen molar-refractivity contribution in [1.82, 2.24) is 10.3 Å². The normalized spacial score (nSPS) is 11.9. The molecule has 134 valence electrons. The number of hydrogen-bond donors (Lipinski definition) is 1. The smallest absolute Gasteiger partial charge is 0.251 e. The summed E-state index contributed by atoms with van der Waals surface area (Å²) in [6.45, 7) is 4.15. The second-order valence-corrected chi connectivity index (χ2v) is 7.91. The van der Waals surface area contributed by atoms with Gasteiger partial charge in [-0.25, -0.2) is 4.98 Å². The Morgan fingerprint density at radius 3 is 2.50 bits per heavy atom. The van der Waals surface area contributed by atoms with Crippen LogP contribution in [0.2, 0.25) is 0 Å². The van der Waals surface area contributed by atoms with Gasteiger partial charge in [-0.05, 0) is 43.2 Å². The Labute approximate surface area is 162 Å². The molecule has 26 heavy (non-hydrogen) atoms. The largest absolute Gasteiger partial charge is 0.345 e. The lowest BCUT2D eigenvalue weighted by Crippen LogP contribution is -2.28. The summed E-state index contributed by atoms with van der Waals surface area (Å²) in [6, 6.07) is 16.1. The molecule has 1 heterocycles. The summed E-state index contributed by atoms with van der Waals surface area (Å²) in [4.78, 5) is 18.0. The summed E-state index contributed by atoms with van der Waals surface area (Å²) in [5.74, 6) is 0.814. The van der Waals surface area contributed by atoms with Crippen LogP contribution in [0.5, 0.6) is 0 Å². The first kappa shape index (κ1) is 18.7. The number of aromatic nitrogens is 1. The molecule has 2 aromatic carbocycles. The zero-order valence-electron chi connectivity index (χ0n) is 14.9. The Kier molecular flexibility index (Phi) is 6.47. The van der Waals surface area contributed by atoms with E-state index in [9.17, 15) is 4.79 Å². The van der Waals surface area contributed by atoms with E-state index in [-0.39, 0.29) is 11.9 Å². The SMILES string of the molecule is CC[C@@H](NC(=O)c1ccc(SCc2cscn2)cc1)c1ccc(C)cc1. The van der Waals surface area contributed by atoms with E-state index in [1.807, 2.05) is 29.8 Å². The average Bonchev–Trinajstić information content (AvgIpc) is 3.19. The van der Waals surface area contributed by atoms with E-state index in [2.05, 4.69) is 53.8 Å². The number of aryl methyl sites for hydroxylation is 1. The van der Waals surface area contributed by atoms with Crippen molar-refractivity contribution >= 4 is 29.0 Å². The van der Waals surface area contributed by atoms with Gasteiger partial charge >= 0.3 is 0 Å². The molecule has 0 aliphatic heterocycles. The number of nitrogens with zero attached hydrogens (tertiary/aromatic N) is 1. The van der Waals surface area contributed by atoms with Crippen molar-refractivity contribution in [2.75, 3.05) is 0 Å². The molecular weight excluding hydrogens is 360 g/mol. The van der Waals surface area contributed by atoms with Crippen molar-refractivity contribution in [3.63, 3.8) is 0 Å². The average molecular weight is 383 g/mol. The molecule has 0 radical (unpaired) electrons. The molecule has 0 bridgehead atoms. The van der Waals surface area contributed by atoms with Crippen LogP contribution >= 0.6 is 23.1 Å². The van der Waals surface area contributed by atoms with E-state index in [4.69, 9.17) is 0 Å². The van der Waals surface area contributed by atoms with Crippen LogP contribution in [-0.2, 0) is 5.75 Å². The first-order valence-corrected chi connectivity index (χ1v) is 10.6. The number of carbonyl (C=O) groups is 1. The van der Waals surface area contributed by atoms with Gasteiger partial charge in [0.2, 0.25) is 0 Å². The Morgan fingerprint density at radius 2 is 1.88 bits per heavy atom. The summed E-state index contributed by atoms with van der Waals surface area (Å²) < 4.78 is 0. The van der Waals surface area contributed by atoms with Gasteiger partial charge in [-0.3, -0.25) is 4.79 Å². The van der Waals surface area contributed by atoms with E-state index in [0.717, 1.165) is 28.3 Å². The molecule has 1 N–H and O–H groups in total. The van der Waals surface area contributed by atoms with Crippen LogP contribution in [0.1, 0.15) is 46.6 Å². The maximum atomic E-state index is 12.6. The third kappa shape index (κ3) is 4.96. The molecule has 1 atom stereocenters. The third-order valence-electron chi connectivity index (χ3n) is 4.18. The summed E-state index contributed by atoms with van der Waals surface area (Å²) in [5.41, 5.74) is 5.99. The highest BCUT2D eigenvalue weighted by Crippen LogP contribution is 2.23. The molecule has 0 aliphatic carbocycles. The molecule has 0 saturated heterocycles. The molecular formula is C21H22N2OS2. The predicted octanol–water partition coefficient (Wildman–Crippen LogP) is 5.62. The minimum Gasteiger partial charge on any atom is -0.345 e. The molecule has 0 saturated carbocycles. The van der Waals surface area contributed by atoms with Crippen LogP contribution in [0, 0.1) is 6.92 Å². The Balaban J connectivity index is 1.60. The summed E-state index contributed by atoms with van der Waals surface area (Å²) in [5, 5.41) is 5.20. The van der Waals surface area contributed by atoms with Crippen molar-refractivity contribution < 1.29 is 4.79 Å². The van der Waals surface area contributed by atoms with Crippen molar-refractivity contribution in [3.8, 4) is 0 Å². The molecule has 0 unspecified atom stereocenters. The first-order chi connectivity index (χ1) is 12.7. The van der Waals surface area contributed by atoms with Gasteiger partial charge in [0.15, 0.2) is 0 Å². The van der Waals surface area contributed by atoms with Crippen LogP contribution in [0.15, 0.2) is 64.3 Å². The van der Waals surface area contributed by atoms with E-state index < -0.39 is 0 Å². The molecule has 3 nitrogen and oxygen atoms in total. The number of amides is 1. The molecule has 3 rings (SSSR count). The molecule has 5 heteroatoms. The van der Waals surface area contributed by atoms with E-state index in [1.165, 1.54) is 5.56 Å². The highest BCUT2D eigenvalue weighted by Gasteiger charge is 2.14. The zero-order valence-corrected chi connectivity index (χ0v) is 16.6. The van der Waals surface area contributed by atoms with Gasteiger partial charge in [-0.1, -0.05) is 36.8 Å². The predicted molar refractivity (Wildman–Crippen MR) is 110 cm³/mol. The number of rotatable bonds is 7. The first-order valence-electron chi connectivity index (χ1n) is 8.63. The van der Waals surface area contributed by atoms with Crippen molar-refractivity contribution in [3.05, 3.63) is 81.8 Å². The quantitative estimate of drug-likeness (QED) is 0.539. The molecule has 0 spiro atoms. The van der Waals surface area contributed by atoms with Gasteiger partial charge in [0.05, 0.1) is 17.2 Å². The fraction of sp³-hybridized carbons (Fsp3) is 0.238. The van der Waals surface area contributed by atoms with E-state index in [0.29, 0.717) is 5.56 Å². The number of hydrogen-bond acceptors (Lipinski definition) is 4. The van der Waals surface area contributed by atoms with Gasteiger partial charge in [-0.15, -0.1) is 23.1 Å². The topological polar surface area (TPSA) is 42.0 Å².